The number of nitrogens with zero attached hydrogens (tertiary/aromatic N) is 3. The molecule has 1 atom stereocenters. The molecule has 0 radical (unpaired) electrons. The monoisotopic (exact) mass is 567 g/mol. The van der Waals surface area contributed by atoms with Gasteiger partial charge in [-0.05, 0) is 65.7 Å². The second-order valence-corrected chi connectivity index (χ2v) is 9.74. The Labute approximate surface area is 212 Å². The van der Waals surface area contributed by atoms with E-state index in [1.165, 1.54) is 0 Å². The van der Waals surface area contributed by atoms with Gasteiger partial charge in [-0.15, -0.1) is 24.0 Å². The highest BCUT2D eigenvalue weighted by Gasteiger charge is 2.27. The number of ether oxygens (including phenoxy) is 2. The van der Waals surface area contributed by atoms with Crippen LogP contribution < -0.4 is 10.6 Å². The molecule has 188 valence electrons. The largest absolute Gasteiger partial charge is 0.444 e. The van der Waals surface area contributed by atoms with Crippen molar-refractivity contribution in [2.75, 3.05) is 59.5 Å². The molecule has 0 spiro atoms. The van der Waals surface area contributed by atoms with Gasteiger partial charge in [0.25, 0.3) is 0 Å². The Morgan fingerprint density at radius 3 is 2.50 bits per heavy atom. The lowest BCUT2D eigenvalue weighted by atomic mass is 9.95. The van der Waals surface area contributed by atoms with Gasteiger partial charge in [-0.25, -0.2) is 4.79 Å². The van der Waals surface area contributed by atoms with E-state index in [2.05, 4.69) is 22.5 Å². The number of guanidine groups is 1. The number of nitrogens with one attached hydrogen (secondary N) is 2. The van der Waals surface area contributed by atoms with Crippen molar-refractivity contribution >= 4 is 36.0 Å². The second-order valence-electron chi connectivity index (χ2n) is 9.74. The summed E-state index contributed by atoms with van der Waals surface area (Å²) in [4.78, 5) is 21.5. The van der Waals surface area contributed by atoms with E-state index >= 15 is 0 Å². The number of piperidine rings is 2. The predicted octanol–water partition coefficient (Wildman–Crippen LogP) is 3.31. The first-order valence-corrected chi connectivity index (χ1v) is 12.0. The number of carbonyl (C=O) groups excluding carboxylic acids is 1. The van der Waals surface area contributed by atoms with Gasteiger partial charge in [0.15, 0.2) is 5.96 Å². The molecule has 0 saturated carbocycles. The zero-order valence-corrected chi connectivity index (χ0v) is 23.2. The molecule has 2 heterocycles. The summed E-state index contributed by atoms with van der Waals surface area (Å²) in [5.74, 6) is 1.40. The maximum absolute atomic E-state index is 12.4. The average Bonchev–Trinajstić information content (AvgIpc) is 2.72. The van der Waals surface area contributed by atoms with Crippen molar-refractivity contribution in [2.45, 2.75) is 71.4 Å². The van der Waals surface area contributed by atoms with Gasteiger partial charge in [-0.3, -0.25) is 4.99 Å². The lowest BCUT2D eigenvalue weighted by molar-refractivity contribution is 0.0163. The molecule has 2 saturated heterocycles. The summed E-state index contributed by atoms with van der Waals surface area (Å²) >= 11 is 0. The molecule has 2 rings (SSSR count). The molecule has 1 unspecified atom stereocenters. The van der Waals surface area contributed by atoms with Gasteiger partial charge in [0, 0.05) is 59.0 Å². The van der Waals surface area contributed by atoms with E-state index in [0.29, 0.717) is 12.0 Å². The fourth-order valence-electron chi connectivity index (χ4n) is 4.19. The predicted molar refractivity (Wildman–Crippen MR) is 141 cm³/mol. The van der Waals surface area contributed by atoms with E-state index in [0.717, 1.165) is 90.5 Å². The van der Waals surface area contributed by atoms with Gasteiger partial charge >= 0.3 is 6.09 Å². The zero-order valence-electron chi connectivity index (χ0n) is 20.8. The Kier molecular flexibility index (Phi) is 13.8. The van der Waals surface area contributed by atoms with E-state index in [1.807, 2.05) is 25.7 Å². The zero-order chi connectivity index (χ0) is 22.7. The Morgan fingerprint density at radius 1 is 1.16 bits per heavy atom. The number of aliphatic imine (C=N–C) groups is 1. The lowest BCUT2D eigenvalue weighted by Gasteiger charge is -2.34. The standard InChI is InChI=1S/C23H45N5O3.HI/c1-6-24-21(26-20-10-14-27(15-11-20)16-17-30-5)25-12-9-19-8-7-13-28(18-19)22(29)31-23(2,3)4;/h19-20H,6-18H2,1-5H3,(H2,24,25,26);1H. The SMILES string of the molecule is CCNC(=NCCC1CCCN(C(=O)OC(C)(C)C)C1)NC1CCN(CCOC)CC1.I. The first kappa shape index (κ1) is 29.2. The summed E-state index contributed by atoms with van der Waals surface area (Å²) in [5.41, 5.74) is -0.444. The van der Waals surface area contributed by atoms with Crippen molar-refractivity contribution in [2.24, 2.45) is 10.9 Å². The number of carbonyl (C=O) groups is 1. The summed E-state index contributed by atoms with van der Waals surface area (Å²) in [6.45, 7) is 15.1. The quantitative estimate of drug-likeness (QED) is 0.266. The highest BCUT2D eigenvalue weighted by Crippen LogP contribution is 2.21. The van der Waals surface area contributed by atoms with Crippen LogP contribution in [0.5, 0.6) is 0 Å². The molecule has 1 amide bonds. The number of hydrogen-bond acceptors (Lipinski definition) is 5. The molecular formula is C23H46IN5O3. The van der Waals surface area contributed by atoms with Crippen LogP contribution >= 0.6 is 24.0 Å². The van der Waals surface area contributed by atoms with Gasteiger partial charge in [-0.1, -0.05) is 0 Å². The van der Waals surface area contributed by atoms with Crippen LogP contribution in [0.15, 0.2) is 4.99 Å². The molecule has 2 aliphatic rings. The molecule has 0 aromatic carbocycles. The maximum atomic E-state index is 12.4. The molecule has 0 aliphatic carbocycles. The molecule has 32 heavy (non-hydrogen) atoms. The van der Waals surface area contributed by atoms with Crippen LogP contribution in [0.2, 0.25) is 0 Å². The first-order chi connectivity index (χ1) is 14.8. The van der Waals surface area contributed by atoms with Gasteiger partial charge in [0.05, 0.1) is 6.61 Å². The second kappa shape index (κ2) is 15.2. The maximum Gasteiger partial charge on any atom is 0.410 e. The lowest BCUT2D eigenvalue weighted by Crippen LogP contribution is -2.49. The van der Waals surface area contributed by atoms with E-state index < -0.39 is 5.60 Å². The Balaban J connectivity index is 0.00000512. The van der Waals surface area contributed by atoms with Crippen molar-refractivity contribution in [3.05, 3.63) is 0 Å². The third kappa shape index (κ3) is 11.4. The Bertz CT molecular complexity index is 562. The molecule has 9 heteroatoms. The summed E-state index contributed by atoms with van der Waals surface area (Å²) < 4.78 is 10.7. The number of methoxy groups -OCH3 is 1. The van der Waals surface area contributed by atoms with E-state index in [9.17, 15) is 4.79 Å². The van der Waals surface area contributed by atoms with Crippen molar-refractivity contribution in [3.8, 4) is 0 Å². The molecule has 2 aliphatic heterocycles. The fourth-order valence-corrected chi connectivity index (χ4v) is 4.19. The van der Waals surface area contributed by atoms with Crippen LogP contribution in [0.25, 0.3) is 0 Å². The first-order valence-electron chi connectivity index (χ1n) is 12.0. The molecule has 0 aromatic rings. The van der Waals surface area contributed by atoms with Crippen molar-refractivity contribution in [1.82, 2.24) is 20.4 Å². The van der Waals surface area contributed by atoms with Crippen LogP contribution in [0.4, 0.5) is 4.79 Å². The Morgan fingerprint density at radius 2 is 1.88 bits per heavy atom. The number of likely N-dealkylation sites (tertiary alicyclic amines) is 2. The van der Waals surface area contributed by atoms with E-state index in [1.54, 1.807) is 7.11 Å². The number of rotatable bonds is 8. The van der Waals surface area contributed by atoms with Crippen LogP contribution in [-0.2, 0) is 9.47 Å². The van der Waals surface area contributed by atoms with Gasteiger partial charge < -0.3 is 29.9 Å². The summed E-state index contributed by atoms with van der Waals surface area (Å²) in [6, 6.07) is 0.467. The summed E-state index contributed by atoms with van der Waals surface area (Å²) in [6.07, 6.45) is 5.24. The van der Waals surface area contributed by atoms with Crippen LogP contribution in [0, 0.1) is 5.92 Å². The Hall–Kier alpha value is -0.810. The molecule has 2 N–H and O–H groups in total. The van der Waals surface area contributed by atoms with Crippen LogP contribution in [-0.4, -0.2) is 93.0 Å². The summed E-state index contributed by atoms with van der Waals surface area (Å²) in [5, 5.41) is 7.01. The van der Waals surface area contributed by atoms with Crippen molar-refractivity contribution < 1.29 is 14.3 Å². The van der Waals surface area contributed by atoms with E-state index in [4.69, 9.17) is 14.5 Å². The minimum absolute atomic E-state index is 0. The molecule has 2 fully saturated rings. The fraction of sp³-hybridized carbons (Fsp3) is 0.913. The van der Waals surface area contributed by atoms with Crippen LogP contribution in [0.3, 0.4) is 0 Å². The smallest absolute Gasteiger partial charge is 0.410 e. The molecule has 0 aromatic heterocycles. The van der Waals surface area contributed by atoms with Gasteiger partial charge in [0.2, 0.25) is 0 Å². The topological polar surface area (TPSA) is 78.4 Å². The highest BCUT2D eigenvalue weighted by molar-refractivity contribution is 14.0. The van der Waals surface area contributed by atoms with Gasteiger partial charge in [0.1, 0.15) is 5.60 Å². The highest BCUT2D eigenvalue weighted by atomic mass is 127. The molecular weight excluding hydrogens is 521 g/mol. The number of hydrogen-bond donors (Lipinski definition) is 2. The molecule has 0 bridgehead atoms. The molecule has 8 nitrogen and oxygen atoms in total. The van der Waals surface area contributed by atoms with Crippen molar-refractivity contribution in [1.29, 1.82) is 0 Å². The van der Waals surface area contributed by atoms with Crippen molar-refractivity contribution in [3.63, 3.8) is 0 Å². The summed E-state index contributed by atoms with van der Waals surface area (Å²) in [7, 11) is 1.76. The minimum atomic E-state index is -0.444. The normalized spacial score (nSPS) is 21.1. The number of halogens is 1. The third-order valence-electron chi connectivity index (χ3n) is 5.86. The third-order valence-corrected chi connectivity index (χ3v) is 5.86. The minimum Gasteiger partial charge on any atom is -0.444 e. The van der Waals surface area contributed by atoms with Gasteiger partial charge in [-0.2, -0.15) is 0 Å². The average molecular weight is 568 g/mol. The van der Waals surface area contributed by atoms with Crippen LogP contribution in [0.1, 0.15) is 59.8 Å². The van der Waals surface area contributed by atoms with E-state index in [-0.39, 0.29) is 30.1 Å². The number of amides is 1.